The van der Waals surface area contributed by atoms with Gasteiger partial charge in [-0.15, -0.1) is 0 Å². The van der Waals surface area contributed by atoms with Crippen LogP contribution in [0.3, 0.4) is 0 Å². The van der Waals surface area contributed by atoms with Gasteiger partial charge in [0.05, 0.1) is 13.7 Å². The van der Waals surface area contributed by atoms with Crippen molar-refractivity contribution in [2.75, 3.05) is 7.11 Å². The zero-order valence-electron chi connectivity index (χ0n) is 11.4. The number of hydrogen-bond donors (Lipinski definition) is 1. The third kappa shape index (κ3) is 5.36. The van der Waals surface area contributed by atoms with Crippen LogP contribution in [0, 0.1) is 0 Å². The lowest BCUT2D eigenvalue weighted by Crippen LogP contribution is -2.46. The van der Waals surface area contributed by atoms with Crippen LogP contribution in [0.5, 0.6) is 0 Å². The number of aromatic nitrogens is 3. The molecule has 0 unspecified atom stereocenters. The van der Waals surface area contributed by atoms with Crippen molar-refractivity contribution in [1.82, 2.24) is 20.1 Å². The molecule has 1 N–H and O–H groups in total. The summed E-state index contributed by atoms with van der Waals surface area (Å²) in [6.45, 7) is 5.32. The summed E-state index contributed by atoms with van der Waals surface area (Å²) in [5.74, 6) is -0.582. The Morgan fingerprint density at radius 1 is 1.42 bits per heavy atom. The van der Waals surface area contributed by atoms with E-state index in [1.54, 1.807) is 20.8 Å². The van der Waals surface area contributed by atoms with Gasteiger partial charge in [0.15, 0.2) is 0 Å². The summed E-state index contributed by atoms with van der Waals surface area (Å²) in [4.78, 5) is 27.0. The summed E-state index contributed by atoms with van der Waals surface area (Å²) in [7, 11) is 1.24. The minimum Gasteiger partial charge on any atom is -0.467 e. The summed E-state index contributed by atoms with van der Waals surface area (Å²) in [5.41, 5.74) is -0.641. The number of nitrogens with one attached hydrogen (secondary N) is 1. The Morgan fingerprint density at radius 3 is 2.58 bits per heavy atom. The minimum absolute atomic E-state index is 0.117. The lowest BCUT2D eigenvalue weighted by molar-refractivity contribution is -0.143. The maximum Gasteiger partial charge on any atom is 0.408 e. The van der Waals surface area contributed by atoms with Gasteiger partial charge >= 0.3 is 12.1 Å². The Labute approximate surface area is 111 Å². The molecular weight excluding hydrogens is 252 g/mol. The van der Waals surface area contributed by atoms with Crippen molar-refractivity contribution in [2.45, 2.75) is 39.0 Å². The largest absolute Gasteiger partial charge is 0.467 e. The third-order valence-corrected chi connectivity index (χ3v) is 2.01. The molecule has 8 nitrogen and oxygen atoms in total. The van der Waals surface area contributed by atoms with Gasteiger partial charge in [-0.3, -0.25) is 4.68 Å². The summed E-state index contributed by atoms with van der Waals surface area (Å²) >= 11 is 0. The first kappa shape index (κ1) is 14.9. The lowest BCUT2D eigenvalue weighted by atomic mass is 10.2. The fourth-order valence-corrected chi connectivity index (χ4v) is 1.29. The van der Waals surface area contributed by atoms with E-state index >= 15 is 0 Å². The SMILES string of the molecule is COC(=O)[C@H](Cn1cncn1)NC(=O)OC(C)(C)C. The van der Waals surface area contributed by atoms with Crippen LogP contribution < -0.4 is 5.32 Å². The van der Waals surface area contributed by atoms with Gasteiger partial charge in [-0.25, -0.2) is 14.6 Å². The van der Waals surface area contributed by atoms with Gasteiger partial charge in [0.25, 0.3) is 0 Å². The highest BCUT2D eigenvalue weighted by molar-refractivity contribution is 5.81. The smallest absolute Gasteiger partial charge is 0.408 e. The van der Waals surface area contributed by atoms with Crippen molar-refractivity contribution in [1.29, 1.82) is 0 Å². The molecule has 0 saturated carbocycles. The number of rotatable bonds is 4. The predicted octanol–water partition coefficient (Wildman–Crippen LogP) is 0.344. The lowest BCUT2D eigenvalue weighted by Gasteiger charge is -2.22. The molecule has 0 fully saturated rings. The van der Waals surface area contributed by atoms with Gasteiger partial charge < -0.3 is 14.8 Å². The number of esters is 1. The Kier molecular flexibility index (Phi) is 4.85. The fraction of sp³-hybridized carbons (Fsp3) is 0.636. The van der Waals surface area contributed by atoms with Crippen molar-refractivity contribution < 1.29 is 19.1 Å². The van der Waals surface area contributed by atoms with Crippen LogP contribution in [0.1, 0.15) is 20.8 Å². The molecule has 1 aromatic heterocycles. The molecule has 0 aliphatic rings. The molecule has 19 heavy (non-hydrogen) atoms. The van der Waals surface area contributed by atoms with E-state index < -0.39 is 23.7 Å². The number of ether oxygens (including phenoxy) is 2. The third-order valence-electron chi connectivity index (χ3n) is 2.01. The second kappa shape index (κ2) is 6.17. The number of carbonyl (C=O) groups excluding carboxylic acids is 2. The first-order chi connectivity index (χ1) is 8.81. The topological polar surface area (TPSA) is 95.3 Å². The molecule has 1 aromatic rings. The molecule has 0 radical (unpaired) electrons. The minimum atomic E-state index is -0.887. The summed E-state index contributed by atoms with van der Waals surface area (Å²) < 4.78 is 11.1. The molecule has 8 heteroatoms. The molecule has 0 bridgehead atoms. The second-order valence-electron chi connectivity index (χ2n) is 4.84. The standard InChI is InChI=1S/C11H18N4O4/c1-11(2,3)19-10(17)14-8(9(16)18-4)5-15-7-12-6-13-15/h6-8H,5H2,1-4H3,(H,14,17)/t8-/m0/s1. The Morgan fingerprint density at radius 2 is 2.11 bits per heavy atom. The van der Waals surface area contributed by atoms with Gasteiger partial charge in [0, 0.05) is 0 Å². The Balaban J connectivity index is 2.65. The quantitative estimate of drug-likeness (QED) is 0.793. The van der Waals surface area contributed by atoms with E-state index in [-0.39, 0.29) is 6.54 Å². The highest BCUT2D eigenvalue weighted by Crippen LogP contribution is 2.07. The van der Waals surface area contributed by atoms with Crippen molar-refractivity contribution in [3.8, 4) is 0 Å². The molecule has 1 heterocycles. The summed E-state index contributed by atoms with van der Waals surface area (Å²) in [5, 5.41) is 6.30. The predicted molar refractivity (Wildman–Crippen MR) is 65.2 cm³/mol. The van der Waals surface area contributed by atoms with Crippen LogP contribution in [-0.4, -0.2) is 45.6 Å². The molecule has 1 amide bonds. The first-order valence-corrected chi connectivity index (χ1v) is 5.71. The van der Waals surface area contributed by atoms with E-state index in [0.717, 1.165) is 0 Å². The van der Waals surface area contributed by atoms with Crippen LogP contribution in [-0.2, 0) is 20.8 Å². The van der Waals surface area contributed by atoms with Crippen LogP contribution >= 0.6 is 0 Å². The van der Waals surface area contributed by atoms with Crippen molar-refractivity contribution in [3.05, 3.63) is 12.7 Å². The van der Waals surface area contributed by atoms with Crippen molar-refractivity contribution in [3.63, 3.8) is 0 Å². The summed E-state index contributed by atoms with van der Waals surface area (Å²) in [6.07, 6.45) is 2.08. The molecular formula is C11H18N4O4. The molecule has 106 valence electrons. The van der Waals surface area contributed by atoms with E-state index in [4.69, 9.17) is 4.74 Å². The van der Waals surface area contributed by atoms with E-state index in [0.29, 0.717) is 0 Å². The van der Waals surface area contributed by atoms with Crippen LogP contribution in [0.15, 0.2) is 12.7 Å². The van der Waals surface area contributed by atoms with Gasteiger partial charge in [-0.2, -0.15) is 5.10 Å². The van der Waals surface area contributed by atoms with Gasteiger partial charge in [-0.05, 0) is 20.8 Å². The molecule has 1 rings (SSSR count). The van der Waals surface area contributed by atoms with Gasteiger partial charge in [0.2, 0.25) is 0 Å². The second-order valence-corrected chi connectivity index (χ2v) is 4.84. The monoisotopic (exact) mass is 270 g/mol. The first-order valence-electron chi connectivity index (χ1n) is 5.71. The van der Waals surface area contributed by atoms with Gasteiger partial charge in [-0.1, -0.05) is 0 Å². The molecule has 0 saturated heterocycles. The zero-order valence-corrected chi connectivity index (χ0v) is 11.4. The zero-order chi connectivity index (χ0) is 14.5. The maximum absolute atomic E-state index is 11.6. The van der Waals surface area contributed by atoms with Crippen LogP contribution in [0.2, 0.25) is 0 Å². The number of alkyl carbamates (subject to hydrolysis) is 1. The number of hydrogen-bond acceptors (Lipinski definition) is 6. The molecule has 0 aliphatic heterocycles. The summed E-state index contributed by atoms with van der Waals surface area (Å²) in [6, 6.07) is -0.887. The van der Waals surface area contributed by atoms with Crippen molar-refractivity contribution >= 4 is 12.1 Å². The normalized spacial score (nSPS) is 12.6. The fourth-order valence-electron chi connectivity index (χ4n) is 1.29. The van der Waals surface area contributed by atoms with Crippen molar-refractivity contribution in [2.24, 2.45) is 0 Å². The maximum atomic E-state index is 11.6. The van der Waals surface area contributed by atoms with E-state index in [9.17, 15) is 9.59 Å². The number of nitrogens with zero attached hydrogens (tertiary/aromatic N) is 3. The van der Waals surface area contributed by atoms with E-state index in [1.807, 2.05) is 0 Å². The number of methoxy groups -OCH3 is 1. The van der Waals surface area contributed by atoms with Crippen LogP contribution in [0.4, 0.5) is 4.79 Å². The average molecular weight is 270 g/mol. The number of carbonyl (C=O) groups is 2. The molecule has 0 aromatic carbocycles. The Bertz CT molecular complexity index is 424. The Hall–Kier alpha value is -2.12. The molecule has 0 spiro atoms. The average Bonchev–Trinajstić information content (AvgIpc) is 2.77. The number of amides is 1. The molecule has 0 aliphatic carbocycles. The van der Waals surface area contributed by atoms with Crippen LogP contribution in [0.25, 0.3) is 0 Å². The van der Waals surface area contributed by atoms with E-state index in [1.165, 1.54) is 24.4 Å². The molecule has 1 atom stereocenters. The van der Waals surface area contributed by atoms with Gasteiger partial charge in [0.1, 0.15) is 24.3 Å². The highest BCUT2D eigenvalue weighted by Gasteiger charge is 2.25. The highest BCUT2D eigenvalue weighted by atomic mass is 16.6. The van der Waals surface area contributed by atoms with E-state index in [2.05, 4.69) is 20.1 Å².